The van der Waals surface area contributed by atoms with Crippen molar-refractivity contribution in [3.8, 4) is 0 Å². The monoisotopic (exact) mass is 668 g/mol. The second-order valence-corrected chi connectivity index (χ2v) is 14.8. The first kappa shape index (κ1) is 33.7. The number of aryl methyl sites for hydroxylation is 3. The lowest BCUT2D eigenvalue weighted by molar-refractivity contribution is -0.135. The normalized spacial score (nSPS) is 25.5. The van der Waals surface area contributed by atoms with Gasteiger partial charge in [0.15, 0.2) is 0 Å². The maximum Gasteiger partial charge on any atom is 0.255 e. The molecule has 0 bridgehead atoms. The fourth-order valence-electron chi connectivity index (χ4n) is 8.62. The Morgan fingerprint density at radius 3 is 2.35 bits per heavy atom. The second-order valence-electron chi connectivity index (χ2n) is 14.8. The lowest BCUT2D eigenvalue weighted by atomic mass is 9.86. The van der Waals surface area contributed by atoms with E-state index in [1.54, 1.807) is 0 Å². The van der Waals surface area contributed by atoms with Gasteiger partial charge in [0.05, 0.1) is 35.0 Å². The molecule has 7 rings (SSSR count). The van der Waals surface area contributed by atoms with Crippen molar-refractivity contribution >= 4 is 23.1 Å². The molecule has 2 amide bonds. The van der Waals surface area contributed by atoms with Gasteiger partial charge in [-0.25, -0.2) is 9.97 Å². The smallest absolute Gasteiger partial charge is 0.255 e. The van der Waals surface area contributed by atoms with E-state index in [1.807, 2.05) is 53.2 Å². The van der Waals surface area contributed by atoms with Crippen LogP contribution in [0.3, 0.4) is 0 Å². The van der Waals surface area contributed by atoms with Gasteiger partial charge >= 0.3 is 0 Å². The predicted molar refractivity (Wildman–Crippen MR) is 189 cm³/mol. The van der Waals surface area contributed by atoms with Gasteiger partial charge in [0.25, 0.3) is 11.8 Å². The lowest BCUT2D eigenvalue weighted by Gasteiger charge is -2.43. The molecule has 4 aromatic heterocycles. The molecule has 4 aromatic rings. The average Bonchev–Trinajstić information content (AvgIpc) is 3.87. The fourth-order valence-corrected chi connectivity index (χ4v) is 8.62. The number of nitrogens with one attached hydrogen (secondary N) is 2. The summed E-state index contributed by atoms with van der Waals surface area (Å²) in [5.41, 5.74) is 6.12. The minimum absolute atomic E-state index is 0.0112. The summed E-state index contributed by atoms with van der Waals surface area (Å²) in [6, 6.07) is 7.94. The third-order valence-corrected chi connectivity index (χ3v) is 11.1. The Morgan fingerprint density at radius 1 is 0.898 bits per heavy atom. The Hall–Kier alpha value is -3.76. The van der Waals surface area contributed by atoms with E-state index in [0.29, 0.717) is 28.8 Å². The highest BCUT2D eigenvalue weighted by molar-refractivity contribution is 6.01. The average molecular weight is 669 g/mol. The number of aromatic nitrogens is 4. The maximum absolute atomic E-state index is 13.6. The highest BCUT2D eigenvalue weighted by Crippen LogP contribution is 2.43. The number of unbranched alkanes of at least 4 members (excludes halogenated alkanes) is 2. The molecule has 262 valence electrons. The fraction of sp³-hybridized carbons (Fsp3) is 0.590. The van der Waals surface area contributed by atoms with E-state index in [9.17, 15) is 9.59 Å². The van der Waals surface area contributed by atoms with Crippen LogP contribution in [-0.2, 0) is 15.9 Å². The van der Waals surface area contributed by atoms with Crippen LogP contribution in [0.15, 0.2) is 36.7 Å². The quantitative estimate of drug-likeness (QED) is 0.174. The van der Waals surface area contributed by atoms with Crippen LogP contribution in [0.4, 0.5) is 0 Å². The number of hydrogen-bond acceptors (Lipinski definition) is 6. The van der Waals surface area contributed by atoms with Gasteiger partial charge in [0.1, 0.15) is 11.3 Å². The molecule has 1 spiro atoms. The van der Waals surface area contributed by atoms with E-state index >= 15 is 0 Å². The summed E-state index contributed by atoms with van der Waals surface area (Å²) in [6.07, 6.45) is 16.8. The van der Waals surface area contributed by atoms with Crippen LogP contribution in [0.25, 0.3) is 11.3 Å². The van der Waals surface area contributed by atoms with Gasteiger partial charge in [-0.05, 0) is 109 Å². The van der Waals surface area contributed by atoms with E-state index in [4.69, 9.17) is 14.5 Å². The minimum Gasteiger partial charge on any atom is -0.378 e. The van der Waals surface area contributed by atoms with Crippen molar-refractivity contribution in [2.45, 2.75) is 141 Å². The maximum atomic E-state index is 13.6. The summed E-state index contributed by atoms with van der Waals surface area (Å²) >= 11 is 0. The van der Waals surface area contributed by atoms with E-state index in [1.165, 1.54) is 12.8 Å². The first-order chi connectivity index (χ1) is 23.7. The molecule has 1 saturated heterocycles. The van der Waals surface area contributed by atoms with Crippen molar-refractivity contribution in [1.82, 2.24) is 29.4 Å². The molecule has 2 aliphatic carbocycles. The molecule has 4 unspecified atom stereocenters. The van der Waals surface area contributed by atoms with E-state index in [-0.39, 0.29) is 41.7 Å². The minimum atomic E-state index is -0.383. The number of hydrogen-bond donors (Lipinski definition) is 2. The third-order valence-electron chi connectivity index (χ3n) is 11.1. The van der Waals surface area contributed by atoms with Gasteiger partial charge in [0.2, 0.25) is 0 Å². The molecule has 2 N–H and O–H groups in total. The van der Waals surface area contributed by atoms with E-state index in [2.05, 4.69) is 35.5 Å². The predicted octanol–water partition coefficient (Wildman–Crippen LogP) is 6.60. The van der Waals surface area contributed by atoms with Crippen LogP contribution < -0.4 is 10.6 Å². The van der Waals surface area contributed by atoms with Crippen molar-refractivity contribution in [3.63, 3.8) is 0 Å². The molecule has 1 aliphatic heterocycles. The molecule has 3 aliphatic rings. The topological polar surface area (TPSA) is 111 Å². The van der Waals surface area contributed by atoms with Crippen molar-refractivity contribution in [2.75, 3.05) is 6.61 Å². The molecule has 0 aromatic carbocycles. The van der Waals surface area contributed by atoms with Gasteiger partial charge in [-0.3, -0.25) is 9.59 Å². The highest BCUT2D eigenvalue weighted by Gasteiger charge is 2.48. The van der Waals surface area contributed by atoms with Crippen LogP contribution in [0, 0.1) is 20.8 Å². The van der Waals surface area contributed by atoms with Gasteiger partial charge in [-0.15, -0.1) is 0 Å². The van der Waals surface area contributed by atoms with Crippen molar-refractivity contribution < 1.29 is 19.1 Å². The number of amides is 2. The number of rotatable bonds is 11. The molecule has 10 heteroatoms. The number of carbonyl (C=O) groups is 2. The Labute approximate surface area is 289 Å². The summed E-state index contributed by atoms with van der Waals surface area (Å²) in [5.74, 6) is -0.163. The summed E-state index contributed by atoms with van der Waals surface area (Å²) in [6.45, 7) is 9.06. The Kier molecular flexibility index (Phi) is 9.79. The SMILES string of the molecule is CCCCCO[C@@H]1CCC(NC(=O)c2ccn3c(C)cc(CC4CCCC5(CCCC5NC(=O)c5ccn6c(C)cc(C)nc56)O4)nc23)C1. The number of fused-ring (bicyclic) bond motifs is 2. The van der Waals surface area contributed by atoms with Crippen molar-refractivity contribution in [2.24, 2.45) is 0 Å². The standard InChI is InChI=1S/C39H52N6O4/c1-5-6-7-20-48-30-13-12-28(23-30)42-37(46)33-15-19-45-27(4)22-29(41-36(33)45)24-31-10-8-16-39(49-31)17-9-11-34(39)43-38(47)32-14-18-44-26(3)21-25(2)40-35(32)44/h14-15,18-19,21-22,28,30-31,34H,5-13,16-17,20,23-24H2,1-4H3,(H,42,46)(H,43,47)/t28?,30-,31?,34?,39?/m1/s1. The molecular weight excluding hydrogens is 616 g/mol. The van der Waals surface area contributed by atoms with Crippen LogP contribution >= 0.6 is 0 Å². The van der Waals surface area contributed by atoms with Crippen LogP contribution in [-0.4, -0.2) is 67.1 Å². The Bertz CT molecular complexity index is 1830. The summed E-state index contributed by atoms with van der Waals surface area (Å²) in [5, 5.41) is 6.63. The van der Waals surface area contributed by atoms with Crippen molar-refractivity contribution in [3.05, 3.63) is 70.6 Å². The van der Waals surface area contributed by atoms with E-state index in [0.717, 1.165) is 93.6 Å². The van der Waals surface area contributed by atoms with Gasteiger partial charge in [-0.2, -0.15) is 0 Å². The van der Waals surface area contributed by atoms with Gasteiger partial charge < -0.3 is 28.9 Å². The molecule has 3 fully saturated rings. The summed E-state index contributed by atoms with van der Waals surface area (Å²) in [4.78, 5) is 36.9. The zero-order valence-electron chi connectivity index (χ0n) is 29.6. The molecule has 5 atom stereocenters. The van der Waals surface area contributed by atoms with Crippen LogP contribution in [0.1, 0.15) is 127 Å². The highest BCUT2D eigenvalue weighted by atomic mass is 16.5. The third kappa shape index (κ3) is 6.99. The lowest BCUT2D eigenvalue weighted by Crippen LogP contribution is -2.54. The molecule has 0 radical (unpaired) electrons. The number of carbonyl (C=O) groups excluding carboxylic acids is 2. The molecule has 49 heavy (non-hydrogen) atoms. The largest absolute Gasteiger partial charge is 0.378 e. The van der Waals surface area contributed by atoms with Gasteiger partial charge in [-0.1, -0.05) is 19.8 Å². The Morgan fingerprint density at radius 2 is 1.59 bits per heavy atom. The second kappa shape index (κ2) is 14.2. The van der Waals surface area contributed by atoms with Crippen LogP contribution in [0.5, 0.6) is 0 Å². The van der Waals surface area contributed by atoms with E-state index < -0.39 is 0 Å². The van der Waals surface area contributed by atoms with Crippen LogP contribution in [0.2, 0.25) is 0 Å². The first-order valence-corrected chi connectivity index (χ1v) is 18.6. The summed E-state index contributed by atoms with van der Waals surface area (Å²) in [7, 11) is 0. The Balaban J connectivity index is 1.01. The zero-order chi connectivity index (χ0) is 34.1. The number of nitrogens with zero attached hydrogens (tertiary/aromatic N) is 4. The van der Waals surface area contributed by atoms with Crippen molar-refractivity contribution in [1.29, 1.82) is 0 Å². The van der Waals surface area contributed by atoms with Gasteiger partial charge in [0, 0.05) is 54.2 Å². The molecule has 5 heterocycles. The molecule has 2 saturated carbocycles. The molecule has 10 nitrogen and oxygen atoms in total. The summed E-state index contributed by atoms with van der Waals surface area (Å²) < 4.78 is 17.0. The zero-order valence-corrected chi connectivity index (χ0v) is 29.6. The molecular formula is C39H52N6O4. The number of ether oxygens (including phenoxy) is 2. The first-order valence-electron chi connectivity index (χ1n) is 18.6.